The number of sulfonamides is 1. The highest BCUT2D eigenvalue weighted by atomic mass is 32.2. The van der Waals surface area contributed by atoms with Crippen molar-refractivity contribution in [3.05, 3.63) is 29.8 Å². The molecule has 0 heterocycles. The molecule has 0 fully saturated rings. The third-order valence-corrected chi connectivity index (χ3v) is 3.81. The minimum absolute atomic E-state index is 0.0270. The molecule has 96 valence electrons. The summed E-state index contributed by atoms with van der Waals surface area (Å²) < 4.78 is 31.3. The summed E-state index contributed by atoms with van der Waals surface area (Å²) in [4.78, 5) is 0.310. The topological polar surface area (TPSA) is 55.4 Å². The van der Waals surface area contributed by atoms with Crippen LogP contribution in [-0.2, 0) is 20.2 Å². The summed E-state index contributed by atoms with van der Waals surface area (Å²) >= 11 is 0. The Kier molecular flexibility index (Phi) is 4.30. The highest BCUT2D eigenvalue weighted by Crippen LogP contribution is 2.28. The van der Waals surface area contributed by atoms with Gasteiger partial charge in [-0.3, -0.25) is 0 Å². The highest BCUT2D eigenvalue weighted by Gasteiger charge is 2.24. The Morgan fingerprint density at radius 2 is 1.82 bits per heavy atom. The maximum Gasteiger partial charge on any atom is 0.242 e. The lowest BCUT2D eigenvalue weighted by Crippen LogP contribution is -2.28. The van der Waals surface area contributed by atoms with E-state index in [-0.39, 0.29) is 12.1 Å². The van der Waals surface area contributed by atoms with E-state index in [4.69, 9.17) is 4.74 Å². The number of methoxy groups -OCH3 is 1. The van der Waals surface area contributed by atoms with Crippen LogP contribution in [0, 0.1) is 0 Å². The number of hydrogen-bond acceptors (Lipinski definition) is 3. The van der Waals surface area contributed by atoms with Crippen LogP contribution in [0.2, 0.25) is 0 Å². The van der Waals surface area contributed by atoms with Crippen molar-refractivity contribution >= 4 is 10.0 Å². The second kappa shape index (κ2) is 5.16. The highest BCUT2D eigenvalue weighted by molar-refractivity contribution is 7.89. The molecule has 0 amide bonds. The van der Waals surface area contributed by atoms with E-state index in [1.165, 1.54) is 7.11 Å². The van der Waals surface area contributed by atoms with Crippen molar-refractivity contribution in [3.63, 3.8) is 0 Å². The average Bonchev–Trinajstić information content (AvgIpc) is 2.25. The summed E-state index contributed by atoms with van der Waals surface area (Å²) in [5.41, 5.74) is 0.571. The van der Waals surface area contributed by atoms with Crippen molar-refractivity contribution in [1.82, 2.24) is 4.72 Å². The molecule has 0 aliphatic heterocycles. The molecule has 0 saturated carbocycles. The quantitative estimate of drug-likeness (QED) is 0.838. The molecule has 0 spiro atoms. The van der Waals surface area contributed by atoms with Gasteiger partial charge in [-0.1, -0.05) is 39.0 Å². The zero-order chi connectivity index (χ0) is 13.1. The number of ether oxygens (including phenoxy) is 1. The van der Waals surface area contributed by atoms with Crippen molar-refractivity contribution in [1.29, 1.82) is 0 Å². The smallest absolute Gasteiger partial charge is 0.242 e. The van der Waals surface area contributed by atoms with Crippen LogP contribution in [-0.4, -0.2) is 22.3 Å². The fraction of sp³-hybridized carbons (Fsp3) is 0.500. The molecule has 0 aliphatic carbocycles. The standard InChI is InChI=1S/C12H19NO3S/c1-12(2,3)10-7-5-6-8-11(10)17(14,15)13-9-16-4/h5-8,13H,9H2,1-4H3. The van der Waals surface area contributed by atoms with Gasteiger partial charge in [0.15, 0.2) is 0 Å². The second-order valence-corrected chi connectivity index (χ2v) is 6.56. The molecule has 0 atom stereocenters. The van der Waals surface area contributed by atoms with Crippen molar-refractivity contribution in [2.75, 3.05) is 13.8 Å². The zero-order valence-corrected chi connectivity index (χ0v) is 11.5. The molecular formula is C12H19NO3S. The minimum Gasteiger partial charge on any atom is -0.369 e. The van der Waals surface area contributed by atoms with Gasteiger partial charge in [-0.05, 0) is 17.0 Å². The largest absolute Gasteiger partial charge is 0.369 e. The molecule has 1 aromatic rings. The van der Waals surface area contributed by atoms with E-state index in [0.717, 1.165) is 5.56 Å². The Bertz CT molecular complexity index is 475. The van der Waals surface area contributed by atoms with Crippen molar-refractivity contribution in [2.24, 2.45) is 0 Å². The van der Waals surface area contributed by atoms with Crippen LogP contribution >= 0.6 is 0 Å². The molecule has 1 aromatic carbocycles. The maximum atomic E-state index is 12.1. The maximum absolute atomic E-state index is 12.1. The van der Waals surface area contributed by atoms with Crippen molar-refractivity contribution < 1.29 is 13.2 Å². The second-order valence-electron chi connectivity index (χ2n) is 4.83. The molecule has 1 N–H and O–H groups in total. The van der Waals surface area contributed by atoms with Gasteiger partial charge in [0, 0.05) is 7.11 Å². The van der Waals surface area contributed by atoms with Crippen LogP contribution in [0.1, 0.15) is 26.3 Å². The molecule has 0 aliphatic rings. The first kappa shape index (κ1) is 14.2. The van der Waals surface area contributed by atoms with Gasteiger partial charge in [0.1, 0.15) is 6.73 Å². The van der Waals surface area contributed by atoms with Crippen LogP contribution < -0.4 is 4.72 Å². The third-order valence-electron chi connectivity index (χ3n) is 2.38. The van der Waals surface area contributed by atoms with Crippen molar-refractivity contribution in [2.45, 2.75) is 31.1 Å². The summed E-state index contributed by atoms with van der Waals surface area (Å²) in [7, 11) is -2.07. The lowest BCUT2D eigenvalue weighted by molar-refractivity contribution is 0.194. The number of benzene rings is 1. The Balaban J connectivity index is 3.23. The van der Waals surface area contributed by atoms with E-state index in [1.54, 1.807) is 12.1 Å². The van der Waals surface area contributed by atoms with E-state index >= 15 is 0 Å². The number of nitrogens with one attached hydrogen (secondary N) is 1. The fourth-order valence-corrected chi connectivity index (χ4v) is 2.88. The summed E-state index contributed by atoms with van der Waals surface area (Å²) in [6.45, 7) is 5.92. The predicted octanol–water partition coefficient (Wildman–Crippen LogP) is 1.87. The molecule has 5 heteroatoms. The molecule has 0 bridgehead atoms. The summed E-state index contributed by atoms with van der Waals surface area (Å²) in [5, 5.41) is 0. The van der Waals surface area contributed by atoms with Gasteiger partial charge in [0.25, 0.3) is 0 Å². The van der Waals surface area contributed by atoms with E-state index in [2.05, 4.69) is 4.72 Å². The normalized spacial score (nSPS) is 12.7. The van der Waals surface area contributed by atoms with Gasteiger partial charge in [-0.2, -0.15) is 4.72 Å². The third kappa shape index (κ3) is 3.52. The Morgan fingerprint density at radius 3 is 2.35 bits per heavy atom. The van der Waals surface area contributed by atoms with Crippen LogP contribution in [0.5, 0.6) is 0 Å². The van der Waals surface area contributed by atoms with Gasteiger partial charge in [0.2, 0.25) is 10.0 Å². The van der Waals surface area contributed by atoms with Gasteiger partial charge in [-0.25, -0.2) is 8.42 Å². The summed E-state index contributed by atoms with van der Waals surface area (Å²) in [5.74, 6) is 0. The first-order valence-electron chi connectivity index (χ1n) is 5.37. The molecule has 0 radical (unpaired) electrons. The van der Waals surface area contributed by atoms with E-state index < -0.39 is 10.0 Å². The average molecular weight is 257 g/mol. The monoisotopic (exact) mass is 257 g/mol. The van der Waals surface area contributed by atoms with Crippen LogP contribution in [0.15, 0.2) is 29.2 Å². The molecule has 1 rings (SSSR count). The fourth-order valence-electron chi connectivity index (χ4n) is 1.53. The Labute approximate surface area is 103 Å². The van der Waals surface area contributed by atoms with Crippen molar-refractivity contribution in [3.8, 4) is 0 Å². The van der Waals surface area contributed by atoms with E-state index in [1.807, 2.05) is 32.9 Å². The van der Waals surface area contributed by atoms with Gasteiger partial charge in [-0.15, -0.1) is 0 Å². The van der Waals surface area contributed by atoms with Crippen LogP contribution in [0.25, 0.3) is 0 Å². The lowest BCUT2D eigenvalue weighted by atomic mass is 9.87. The SMILES string of the molecule is COCNS(=O)(=O)c1ccccc1C(C)(C)C. The van der Waals surface area contributed by atoms with E-state index in [0.29, 0.717) is 4.90 Å². The molecular weight excluding hydrogens is 238 g/mol. The number of hydrogen-bond donors (Lipinski definition) is 1. The Hall–Kier alpha value is -0.910. The summed E-state index contributed by atoms with van der Waals surface area (Å²) in [6.07, 6.45) is 0. The van der Waals surface area contributed by atoms with E-state index in [9.17, 15) is 8.42 Å². The first-order valence-corrected chi connectivity index (χ1v) is 6.85. The van der Waals surface area contributed by atoms with Gasteiger partial charge in [0.05, 0.1) is 4.90 Å². The number of rotatable bonds is 4. The summed E-state index contributed by atoms with van der Waals surface area (Å²) in [6, 6.07) is 7.01. The van der Waals surface area contributed by atoms with Crippen LogP contribution in [0.4, 0.5) is 0 Å². The van der Waals surface area contributed by atoms with Gasteiger partial charge < -0.3 is 4.74 Å². The molecule has 0 aromatic heterocycles. The molecule has 4 nitrogen and oxygen atoms in total. The zero-order valence-electron chi connectivity index (χ0n) is 10.6. The Morgan fingerprint density at radius 1 is 1.24 bits per heavy atom. The van der Waals surface area contributed by atoms with Crippen LogP contribution in [0.3, 0.4) is 0 Å². The minimum atomic E-state index is -3.51. The first-order chi connectivity index (χ1) is 7.79. The molecule has 0 unspecified atom stereocenters. The predicted molar refractivity (Wildman–Crippen MR) is 67.3 cm³/mol. The molecule has 0 saturated heterocycles. The lowest BCUT2D eigenvalue weighted by Gasteiger charge is -2.22. The van der Waals surface area contributed by atoms with Gasteiger partial charge >= 0.3 is 0 Å². The molecule has 17 heavy (non-hydrogen) atoms.